The van der Waals surface area contributed by atoms with Crippen LogP contribution in [0.3, 0.4) is 0 Å². The van der Waals surface area contributed by atoms with Crippen molar-refractivity contribution in [2.45, 2.75) is 411 Å². The Labute approximate surface area is 488 Å². The monoisotopic (exact) mass is 1100 g/mol. The zero-order chi connectivity index (χ0) is 56.4. The van der Waals surface area contributed by atoms with E-state index in [1.165, 1.54) is 327 Å². The van der Waals surface area contributed by atoms with E-state index in [2.05, 4.69) is 31.3 Å². The number of rotatable bonds is 67. The first-order chi connectivity index (χ1) is 38.5. The van der Waals surface area contributed by atoms with Gasteiger partial charge < -0.3 is 20.3 Å². The number of carbonyl (C=O) groups is 2. The van der Waals surface area contributed by atoms with Crippen LogP contribution in [0.1, 0.15) is 399 Å². The van der Waals surface area contributed by atoms with Crippen molar-refractivity contribution >= 4 is 11.9 Å². The van der Waals surface area contributed by atoms with Crippen LogP contribution in [0.25, 0.3) is 0 Å². The number of nitrogens with one attached hydrogen (secondary N) is 1. The summed E-state index contributed by atoms with van der Waals surface area (Å²) >= 11 is 0. The molecule has 0 radical (unpaired) electrons. The molecule has 6 heteroatoms. The summed E-state index contributed by atoms with van der Waals surface area (Å²) in [5, 5.41) is 23.1. The van der Waals surface area contributed by atoms with Gasteiger partial charge in [-0.2, -0.15) is 0 Å². The Morgan fingerprint density at radius 2 is 0.603 bits per heavy atom. The van der Waals surface area contributed by atoms with E-state index < -0.39 is 12.1 Å². The largest absolute Gasteiger partial charge is 0.466 e. The van der Waals surface area contributed by atoms with Gasteiger partial charge in [0, 0.05) is 12.8 Å². The van der Waals surface area contributed by atoms with Gasteiger partial charge in [0.1, 0.15) is 0 Å². The Kier molecular flexibility index (Phi) is 66.4. The van der Waals surface area contributed by atoms with Gasteiger partial charge in [-0.1, -0.05) is 353 Å². The van der Waals surface area contributed by atoms with Gasteiger partial charge >= 0.3 is 5.97 Å². The molecule has 0 fully saturated rings. The van der Waals surface area contributed by atoms with Gasteiger partial charge in [-0.3, -0.25) is 9.59 Å². The SMILES string of the molecule is CCCCCCCCC/C=C\CCCCCCCCCC(=O)OCCCCCCCCCCCCCCCCCCCCCCCCCCCCCCCC(=O)NC(CO)C(O)/C=C/CCCCCCCCCCCCCC. The van der Waals surface area contributed by atoms with Crippen LogP contribution >= 0.6 is 0 Å². The number of allylic oxidation sites excluding steroid dienone is 3. The highest BCUT2D eigenvalue weighted by molar-refractivity contribution is 5.76. The fourth-order valence-electron chi connectivity index (χ4n) is 11.3. The highest BCUT2D eigenvalue weighted by Gasteiger charge is 2.18. The van der Waals surface area contributed by atoms with Crippen LogP contribution in [-0.2, 0) is 14.3 Å². The number of esters is 1. The van der Waals surface area contributed by atoms with Crippen molar-refractivity contribution in [1.82, 2.24) is 5.32 Å². The summed E-state index contributed by atoms with van der Waals surface area (Å²) in [6.45, 7) is 4.93. The lowest BCUT2D eigenvalue weighted by Crippen LogP contribution is -2.45. The lowest BCUT2D eigenvalue weighted by molar-refractivity contribution is -0.143. The Morgan fingerprint density at radius 3 is 0.910 bits per heavy atom. The van der Waals surface area contributed by atoms with Crippen molar-refractivity contribution in [3.05, 3.63) is 24.3 Å². The summed E-state index contributed by atoms with van der Waals surface area (Å²) in [5.41, 5.74) is 0. The van der Waals surface area contributed by atoms with E-state index in [1.54, 1.807) is 6.08 Å². The Balaban J connectivity index is 3.33. The Hall–Kier alpha value is -1.66. The fourth-order valence-corrected chi connectivity index (χ4v) is 11.3. The van der Waals surface area contributed by atoms with Crippen LogP contribution in [0.2, 0.25) is 0 Å². The Morgan fingerprint density at radius 1 is 0.346 bits per heavy atom. The molecular formula is C72H139NO5. The minimum Gasteiger partial charge on any atom is -0.466 e. The van der Waals surface area contributed by atoms with E-state index in [0.717, 1.165) is 44.9 Å². The van der Waals surface area contributed by atoms with E-state index in [4.69, 9.17) is 4.74 Å². The molecule has 1 amide bonds. The summed E-state index contributed by atoms with van der Waals surface area (Å²) in [6.07, 6.45) is 85.5. The zero-order valence-corrected chi connectivity index (χ0v) is 52.9. The van der Waals surface area contributed by atoms with E-state index in [-0.39, 0.29) is 18.5 Å². The molecule has 0 aromatic heterocycles. The normalized spacial score (nSPS) is 12.6. The summed E-state index contributed by atoms with van der Waals surface area (Å²) < 4.78 is 5.51. The lowest BCUT2D eigenvalue weighted by Gasteiger charge is -2.20. The minimum absolute atomic E-state index is 0.0169. The number of ether oxygens (including phenoxy) is 1. The molecule has 0 spiro atoms. The second-order valence-electron chi connectivity index (χ2n) is 24.6. The maximum atomic E-state index is 12.5. The van der Waals surface area contributed by atoms with Crippen LogP contribution in [0.15, 0.2) is 24.3 Å². The molecule has 6 nitrogen and oxygen atoms in total. The summed E-state index contributed by atoms with van der Waals surface area (Å²) in [5.74, 6) is -0.0454. The molecule has 2 atom stereocenters. The molecule has 0 aliphatic heterocycles. The molecule has 0 aliphatic carbocycles. The summed E-state index contributed by atoms with van der Waals surface area (Å²) in [7, 11) is 0. The number of hydrogen-bond acceptors (Lipinski definition) is 5. The van der Waals surface area contributed by atoms with Gasteiger partial charge in [0.2, 0.25) is 5.91 Å². The molecule has 0 aromatic rings. The third-order valence-electron chi connectivity index (χ3n) is 16.7. The van der Waals surface area contributed by atoms with E-state index in [1.807, 2.05) is 6.08 Å². The predicted molar refractivity (Wildman–Crippen MR) is 343 cm³/mol. The number of amides is 1. The van der Waals surface area contributed by atoms with Gasteiger partial charge in [0.05, 0.1) is 25.4 Å². The third-order valence-corrected chi connectivity index (χ3v) is 16.7. The van der Waals surface area contributed by atoms with Crippen molar-refractivity contribution in [3.8, 4) is 0 Å². The van der Waals surface area contributed by atoms with Gasteiger partial charge in [-0.15, -0.1) is 0 Å². The fraction of sp³-hybridized carbons (Fsp3) is 0.917. The van der Waals surface area contributed by atoms with E-state index >= 15 is 0 Å². The smallest absolute Gasteiger partial charge is 0.305 e. The second kappa shape index (κ2) is 67.8. The predicted octanol–water partition coefficient (Wildman–Crippen LogP) is 22.9. The van der Waals surface area contributed by atoms with Crippen LogP contribution in [0, 0.1) is 0 Å². The average molecular weight is 1100 g/mol. The van der Waals surface area contributed by atoms with Crippen LogP contribution in [-0.4, -0.2) is 47.4 Å². The molecule has 0 aromatic carbocycles. The molecule has 0 saturated carbocycles. The second-order valence-corrected chi connectivity index (χ2v) is 24.6. The van der Waals surface area contributed by atoms with Crippen LogP contribution < -0.4 is 5.32 Å². The Bertz CT molecular complexity index is 1220. The highest BCUT2D eigenvalue weighted by Crippen LogP contribution is 2.19. The molecule has 3 N–H and O–H groups in total. The maximum Gasteiger partial charge on any atom is 0.305 e. The van der Waals surface area contributed by atoms with Crippen molar-refractivity contribution < 1.29 is 24.5 Å². The van der Waals surface area contributed by atoms with Crippen molar-refractivity contribution in [3.63, 3.8) is 0 Å². The quantitative estimate of drug-likeness (QED) is 0.0320. The van der Waals surface area contributed by atoms with Crippen molar-refractivity contribution in [1.29, 1.82) is 0 Å². The maximum absolute atomic E-state index is 12.5. The topological polar surface area (TPSA) is 95.9 Å². The first-order valence-electron chi connectivity index (χ1n) is 35.6. The molecule has 462 valence electrons. The first-order valence-corrected chi connectivity index (χ1v) is 35.6. The third kappa shape index (κ3) is 63.5. The zero-order valence-electron chi connectivity index (χ0n) is 52.9. The van der Waals surface area contributed by atoms with E-state index in [0.29, 0.717) is 19.4 Å². The first kappa shape index (κ1) is 76.3. The van der Waals surface area contributed by atoms with Gasteiger partial charge in [0.15, 0.2) is 0 Å². The van der Waals surface area contributed by atoms with Crippen molar-refractivity contribution in [2.24, 2.45) is 0 Å². The number of hydrogen-bond donors (Lipinski definition) is 3. The molecule has 0 aliphatic rings. The van der Waals surface area contributed by atoms with Crippen LogP contribution in [0.4, 0.5) is 0 Å². The molecule has 0 bridgehead atoms. The number of aliphatic hydroxyl groups excluding tert-OH is 2. The molecular weight excluding hydrogens is 959 g/mol. The molecule has 2 unspecified atom stereocenters. The molecule has 0 rings (SSSR count). The number of aliphatic hydroxyl groups is 2. The summed E-state index contributed by atoms with van der Waals surface area (Å²) in [6, 6.07) is -0.624. The lowest BCUT2D eigenvalue weighted by atomic mass is 10.0. The minimum atomic E-state index is -0.841. The highest BCUT2D eigenvalue weighted by atomic mass is 16.5. The standard InChI is InChI=1S/C72H139NO5/c1-3-5-7-9-11-13-15-17-19-20-35-38-42-46-50-54-58-62-66-72(77)78-67-63-59-55-51-47-43-39-36-33-31-29-27-25-23-21-22-24-26-28-30-32-34-37-41-45-49-53-57-61-65-71(76)73-69(68-74)70(75)64-60-56-52-48-44-40-18-16-14-12-10-8-6-4-2/h19-20,60,64,69-70,74-75H,3-18,21-59,61-63,65-68H2,1-2H3,(H,73,76)/b20-19-,64-60+. The molecule has 0 saturated heterocycles. The van der Waals surface area contributed by atoms with E-state index in [9.17, 15) is 19.8 Å². The van der Waals surface area contributed by atoms with Gasteiger partial charge in [0.25, 0.3) is 0 Å². The number of unbranched alkanes of at least 4 members (excludes halogenated alkanes) is 54. The molecule has 78 heavy (non-hydrogen) atoms. The molecule has 0 heterocycles. The average Bonchev–Trinajstić information content (AvgIpc) is 3.44. The van der Waals surface area contributed by atoms with Gasteiger partial charge in [-0.05, 0) is 57.8 Å². The number of carbonyl (C=O) groups excluding carboxylic acids is 2. The van der Waals surface area contributed by atoms with Crippen LogP contribution in [0.5, 0.6) is 0 Å². The summed E-state index contributed by atoms with van der Waals surface area (Å²) in [4.78, 5) is 24.6. The van der Waals surface area contributed by atoms with Crippen molar-refractivity contribution in [2.75, 3.05) is 13.2 Å². The van der Waals surface area contributed by atoms with Gasteiger partial charge in [-0.25, -0.2) is 0 Å².